The van der Waals surface area contributed by atoms with Crippen molar-refractivity contribution in [2.75, 3.05) is 0 Å². The Morgan fingerprint density at radius 3 is 2.05 bits per heavy atom. The van der Waals surface area contributed by atoms with E-state index in [0.717, 1.165) is 0 Å². The quantitative estimate of drug-likeness (QED) is 0.516. The molecule has 0 heterocycles. The SMILES string of the molecule is NC(=O)c1ccc(COC(=O)c2ccc([N+](=O)[O-])cc2)cc1. The average Bonchev–Trinajstić information content (AvgIpc) is 2.53. The number of nitrogens with zero attached hydrogens (tertiary/aromatic N) is 1. The highest BCUT2D eigenvalue weighted by Crippen LogP contribution is 2.13. The molecule has 22 heavy (non-hydrogen) atoms. The highest BCUT2D eigenvalue weighted by atomic mass is 16.6. The fourth-order valence-electron chi connectivity index (χ4n) is 1.72. The molecule has 1 amide bonds. The van der Waals surface area contributed by atoms with Gasteiger partial charge in [0.1, 0.15) is 6.61 Å². The molecule has 0 aliphatic heterocycles. The number of non-ortho nitro benzene ring substituents is 1. The van der Waals surface area contributed by atoms with Crippen molar-refractivity contribution < 1.29 is 19.2 Å². The normalized spacial score (nSPS) is 10.0. The molecule has 112 valence electrons. The average molecular weight is 300 g/mol. The fourth-order valence-corrected chi connectivity index (χ4v) is 1.72. The molecule has 0 unspecified atom stereocenters. The third kappa shape index (κ3) is 3.66. The number of ether oxygens (including phenoxy) is 1. The van der Waals surface area contributed by atoms with E-state index in [1.807, 2.05) is 0 Å². The smallest absolute Gasteiger partial charge is 0.338 e. The van der Waals surface area contributed by atoms with Gasteiger partial charge in [0.25, 0.3) is 5.69 Å². The molecule has 2 rings (SSSR count). The summed E-state index contributed by atoms with van der Waals surface area (Å²) in [5.74, 6) is -1.12. The first kappa shape index (κ1) is 15.2. The molecule has 0 radical (unpaired) electrons. The van der Waals surface area contributed by atoms with Crippen molar-refractivity contribution in [1.29, 1.82) is 0 Å². The number of nitro benzene ring substituents is 1. The second-order valence-corrected chi connectivity index (χ2v) is 4.44. The van der Waals surface area contributed by atoms with Gasteiger partial charge in [-0.15, -0.1) is 0 Å². The van der Waals surface area contributed by atoms with Crippen LogP contribution in [0.3, 0.4) is 0 Å². The largest absolute Gasteiger partial charge is 0.457 e. The lowest BCUT2D eigenvalue weighted by molar-refractivity contribution is -0.384. The summed E-state index contributed by atoms with van der Waals surface area (Å²) in [6, 6.07) is 11.5. The second-order valence-electron chi connectivity index (χ2n) is 4.44. The Hall–Kier alpha value is -3.22. The fraction of sp³-hybridized carbons (Fsp3) is 0.0667. The van der Waals surface area contributed by atoms with Crippen molar-refractivity contribution in [2.45, 2.75) is 6.61 Å². The number of hydrogen-bond acceptors (Lipinski definition) is 5. The van der Waals surface area contributed by atoms with Crippen molar-refractivity contribution in [3.8, 4) is 0 Å². The van der Waals surface area contributed by atoms with Gasteiger partial charge < -0.3 is 10.5 Å². The predicted octanol–water partition coefficient (Wildman–Crippen LogP) is 2.05. The monoisotopic (exact) mass is 300 g/mol. The number of carbonyl (C=O) groups excluding carboxylic acids is 2. The van der Waals surface area contributed by atoms with E-state index in [9.17, 15) is 19.7 Å². The van der Waals surface area contributed by atoms with Crippen molar-refractivity contribution in [2.24, 2.45) is 5.73 Å². The van der Waals surface area contributed by atoms with E-state index in [1.54, 1.807) is 12.1 Å². The summed E-state index contributed by atoms with van der Waals surface area (Å²) in [7, 11) is 0. The van der Waals surface area contributed by atoms with Crippen LogP contribution in [0.15, 0.2) is 48.5 Å². The van der Waals surface area contributed by atoms with Gasteiger partial charge in [0.05, 0.1) is 10.5 Å². The topological polar surface area (TPSA) is 113 Å². The molecule has 2 N–H and O–H groups in total. The molecule has 7 heteroatoms. The molecule has 0 aliphatic carbocycles. The molecule has 2 aromatic carbocycles. The predicted molar refractivity (Wildman–Crippen MR) is 77.2 cm³/mol. The molecule has 0 saturated heterocycles. The zero-order valence-corrected chi connectivity index (χ0v) is 11.4. The lowest BCUT2D eigenvalue weighted by Crippen LogP contribution is -2.11. The Bertz CT molecular complexity index is 708. The number of amides is 1. The number of primary amides is 1. The molecule has 2 aromatic rings. The number of esters is 1. The number of benzene rings is 2. The Morgan fingerprint density at radius 2 is 1.55 bits per heavy atom. The van der Waals surface area contributed by atoms with E-state index < -0.39 is 16.8 Å². The third-order valence-corrected chi connectivity index (χ3v) is 2.92. The summed E-state index contributed by atoms with van der Waals surface area (Å²) in [5, 5.41) is 10.5. The maximum atomic E-state index is 11.8. The molecular formula is C15H12N2O5. The maximum Gasteiger partial charge on any atom is 0.338 e. The van der Waals surface area contributed by atoms with Crippen LogP contribution in [-0.4, -0.2) is 16.8 Å². The number of carbonyl (C=O) groups is 2. The molecular weight excluding hydrogens is 288 g/mol. The Kier molecular flexibility index (Phi) is 4.47. The van der Waals surface area contributed by atoms with E-state index >= 15 is 0 Å². The van der Waals surface area contributed by atoms with Crippen LogP contribution in [0, 0.1) is 10.1 Å². The van der Waals surface area contributed by atoms with Crippen LogP contribution in [-0.2, 0) is 11.3 Å². The summed E-state index contributed by atoms with van der Waals surface area (Å²) < 4.78 is 5.09. The summed E-state index contributed by atoms with van der Waals surface area (Å²) in [4.78, 5) is 32.7. The first-order chi connectivity index (χ1) is 10.5. The van der Waals surface area contributed by atoms with Crippen LogP contribution in [0.5, 0.6) is 0 Å². The molecule has 0 bridgehead atoms. The van der Waals surface area contributed by atoms with Crippen LogP contribution >= 0.6 is 0 Å². The van der Waals surface area contributed by atoms with Gasteiger partial charge in [0.15, 0.2) is 0 Å². The van der Waals surface area contributed by atoms with E-state index in [1.165, 1.54) is 36.4 Å². The molecule has 0 fully saturated rings. The molecule has 0 spiro atoms. The van der Waals surface area contributed by atoms with Gasteiger partial charge in [-0.05, 0) is 29.8 Å². The Morgan fingerprint density at radius 1 is 1.00 bits per heavy atom. The van der Waals surface area contributed by atoms with Gasteiger partial charge in [-0.1, -0.05) is 12.1 Å². The minimum absolute atomic E-state index is 0.0227. The number of hydrogen-bond donors (Lipinski definition) is 1. The van der Waals surface area contributed by atoms with Gasteiger partial charge in [-0.25, -0.2) is 4.79 Å². The van der Waals surface area contributed by atoms with Crippen molar-refractivity contribution in [3.05, 3.63) is 75.3 Å². The Balaban J connectivity index is 1.97. The van der Waals surface area contributed by atoms with E-state index in [2.05, 4.69) is 0 Å². The zero-order chi connectivity index (χ0) is 16.1. The van der Waals surface area contributed by atoms with Crippen LogP contribution < -0.4 is 5.73 Å². The molecule has 0 atom stereocenters. The summed E-state index contributed by atoms with van der Waals surface area (Å²) >= 11 is 0. The van der Waals surface area contributed by atoms with Crippen LogP contribution in [0.4, 0.5) is 5.69 Å². The van der Waals surface area contributed by atoms with Crippen molar-refractivity contribution in [3.63, 3.8) is 0 Å². The van der Waals surface area contributed by atoms with Crippen molar-refractivity contribution >= 4 is 17.6 Å². The van der Waals surface area contributed by atoms with Crippen LogP contribution in [0.25, 0.3) is 0 Å². The number of nitro groups is 1. The highest BCUT2D eigenvalue weighted by Gasteiger charge is 2.10. The van der Waals surface area contributed by atoms with Gasteiger partial charge >= 0.3 is 5.97 Å². The van der Waals surface area contributed by atoms with Crippen LogP contribution in [0.2, 0.25) is 0 Å². The molecule has 0 saturated carbocycles. The maximum absolute atomic E-state index is 11.8. The summed E-state index contributed by atoms with van der Waals surface area (Å²) in [6.45, 7) is 0.0227. The van der Waals surface area contributed by atoms with E-state index in [-0.39, 0.29) is 17.9 Å². The molecule has 7 nitrogen and oxygen atoms in total. The Labute approximate surface area is 125 Å². The first-order valence-corrected chi connectivity index (χ1v) is 6.27. The van der Waals surface area contributed by atoms with E-state index in [0.29, 0.717) is 11.1 Å². The summed E-state index contributed by atoms with van der Waals surface area (Å²) in [6.07, 6.45) is 0. The first-order valence-electron chi connectivity index (χ1n) is 6.27. The second kappa shape index (κ2) is 6.49. The van der Waals surface area contributed by atoms with E-state index in [4.69, 9.17) is 10.5 Å². The lowest BCUT2D eigenvalue weighted by atomic mass is 10.1. The highest BCUT2D eigenvalue weighted by molar-refractivity contribution is 5.92. The molecule has 0 aromatic heterocycles. The summed E-state index contributed by atoms with van der Waals surface area (Å²) in [5.41, 5.74) is 6.31. The lowest BCUT2D eigenvalue weighted by Gasteiger charge is -2.05. The zero-order valence-electron chi connectivity index (χ0n) is 11.4. The minimum atomic E-state index is -0.589. The minimum Gasteiger partial charge on any atom is -0.457 e. The standard InChI is InChI=1S/C15H12N2O5/c16-14(18)11-3-1-10(2-4-11)9-22-15(19)12-5-7-13(8-6-12)17(20)21/h1-8H,9H2,(H2,16,18). The van der Waals surface area contributed by atoms with Gasteiger partial charge in [0.2, 0.25) is 5.91 Å². The molecule has 0 aliphatic rings. The van der Waals surface area contributed by atoms with Crippen molar-refractivity contribution in [1.82, 2.24) is 0 Å². The van der Waals surface area contributed by atoms with Gasteiger partial charge in [-0.3, -0.25) is 14.9 Å². The van der Waals surface area contributed by atoms with Crippen LogP contribution in [0.1, 0.15) is 26.3 Å². The number of nitrogens with two attached hydrogens (primary N) is 1. The third-order valence-electron chi connectivity index (χ3n) is 2.92. The van der Waals surface area contributed by atoms with Gasteiger partial charge in [0, 0.05) is 17.7 Å². The number of rotatable bonds is 5. The van der Waals surface area contributed by atoms with Gasteiger partial charge in [-0.2, -0.15) is 0 Å².